The summed E-state index contributed by atoms with van der Waals surface area (Å²) in [5.41, 5.74) is 2.66. The third-order valence-electron chi connectivity index (χ3n) is 2.96. The molecule has 2 heteroatoms. The Bertz CT molecular complexity index is 357. The Hall–Kier alpha value is -1.02. The van der Waals surface area contributed by atoms with Crippen LogP contribution in [0.15, 0.2) is 18.2 Å². The van der Waals surface area contributed by atoms with Gasteiger partial charge >= 0.3 is 0 Å². The minimum atomic E-state index is 0.428. The van der Waals surface area contributed by atoms with Crippen molar-refractivity contribution >= 4 is 0 Å². The van der Waals surface area contributed by atoms with Gasteiger partial charge in [0, 0.05) is 11.6 Å². The summed E-state index contributed by atoms with van der Waals surface area (Å²) in [5.74, 6) is 1.06. The highest BCUT2D eigenvalue weighted by Crippen LogP contribution is 2.35. The maximum atomic E-state index is 5.63. The lowest BCUT2D eigenvalue weighted by Gasteiger charge is -2.10. The van der Waals surface area contributed by atoms with Crippen LogP contribution < -0.4 is 10.1 Å². The van der Waals surface area contributed by atoms with Crippen molar-refractivity contribution in [3.05, 3.63) is 29.3 Å². The molecule has 0 spiro atoms. The first-order valence-electron chi connectivity index (χ1n) is 5.32. The number of hydrogen-bond donors (Lipinski definition) is 1. The van der Waals surface area contributed by atoms with Crippen LogP contribution >= 0.6 is 0 Å². The molecule has 74 valence electrons. The van der Waals surface area contributed by atoms with E-state index in [1.165, 1.54) is 24.0 Å². The van der Waals surface area contributed by atoms with E-state index in [0.29, 0.717) is 6.04 Å². The molecule has 2 nitrogen and oxygen atoms in total. The van der Waals surface area contributed by atoms with Crippen LogP contribution in [0.3, 0.4) is 0 Å². The highest BCUT2D eigenvalue weighted by atomic mass is 16.5. The third-order valence-corrected chi connectivity index (χ3v) is 2.96. The average Bonchev–Trinajstić information content (AvgIpc) is 2.90. The summed E-state index contributed by atoms with van der Waals surface area (Å²) in [5, 5.41) is 3.61. The van der Waals surface area contributed by atoms with E-state index in [9.17, 15) is 0 Å². The van der Waals surface area contributed by atoms with E-state index in [1.54, 1.807) is 0 Å². The molecule has 0 radical (unpaired) electrons. The fraction of sp³-hybridized carbons (Fsp3) is 0.500. The number of benzene rings is 1. The Morgan fingerprint density at radius 3 is 3.00 bits per heavy atom. The van der Waals surface area contributed by atoms with Crippen molar-refractivity contribution in [1.82, 2.24) is 5.32 Å². The summed E-state index contributed by atoms with van der Waals surface area (Å²) in [7, 11) is 0. The average molecular weight is 189 g/mol. The van der Waals surface area contributed by atoms with Crippen molar-refractivity contribution in [3.63, 3.8) is 0 Å². The molecule has 0 aromatic heterocycles. The molecule has 0 amide bonds. The zero-order valence-corrected chi connectivity index (χ0v) is 8.42. The quantitative estimate of drug-likeness (QED) is 0.770. The smallest absolute Gasteiger partial charge is 0.124 e. The summed E-state index contributed by atoms with van der Waals surface area (Å²) in [6.07, 6.45) is 2.66. The second-order valence-corrected chi connectivity index (χ2v) is 4.35. The van der Waals surface area contributed by atoms with Crippen molar-refractivity contribution in [1.29, 1.82) is 0 Å². The molecule has 1 unspecified atom stereocenters. The van der Waals surface area contributed by atoms with Gasteiger partial charge in [-0.25, -0.2) is 0 Å². The van der Waals surface area contributed by atoms with Crippen molar-refractivity contribution in [2.45, 2.75) is 31.8 Å². The number of aryl methyl sites for hydroxylation is 1. The Morgan fingerprint density at radius 2 is 2.21 bits per heavy atom. The van der Waals surface area contributed by atoms with Crippen molar-refractivity contribution in [2.75, 3.05) is 6.61 Å². The van der Waals surface area contributed by atoms with E-state index in [-0.39, 0.29) is 0 Å². The molecule has 14 heavy (non-hydrogen) atoms. The predicted octanol–water partition coefficient (Wildman–Crippen LogP) is 2.18. The molecule has 1 atom stereocenters. The van der Waals surface area contributed by atoms with Gasteiger partial charge < -0.3 is 10.1 Å². The van der Waals surface area contributed by atoms with E-state index >= 15 is 0 Å². The Kier molecular flexibility index (Phi) is 1.77. The normalized spacial score (nSPS) is 24.5. The highest BCUT2D eigenvalue weighted by Gasteiger charge is 2.30. The fourth-order valence-electron chi connectivity index (χ4n) is 2.01. The van der Waals surface area contributed by atoms with Crippen LogP contribution in [0.4, 0.5) is 0 Å². The molecule has 1 N–H and O–H groups in total. The largest absolute Gasteiger partial charge is 0.491 e. The van der Waals surface area contributed by atoms with Gasteiger partial charge in [0.25, 0.3) is 0 Å². The Morgan fingerprint density at radius 1 is 1.36 bits per heavy atom. The monoisotopic (exact) mass is 189 g/mol. The van der Waals surface area contributed by atoms with Gasteiger partial charge in [-0.1, -0.05) is 17.7 Å². The lowest BCUT2D eigenvalue weighted by Crippen LogP contribution is -2.24. The summed E-state index contributed by atoms with van der Waals surface area (Å²) in [4.78, 5) is 0. The van der Waals surface area contributed by atoms with E-state index in [2.05, 4.69) is 30.4 Å². The summed E-state index contributed by atoms with van der Waals surface area (Å²) in [6, 6.07) is 7.60. The molecule has 0 saturated heterocycles. The molecule has 1 fully saturated rings. The second kappa shape index (κ2) is 2.99. The number of ether oxygens (including phenoxy) is 1. The summed E-state index contributed by atoms with van der Waals surface area (Å²) in [6.45, 7) is 2.93. The number of rotatable bonds is 2. The van der Waals surface area contributed by atoms with Gasteiger partial charge in [-0.2, -0.15) is 0 Å². The summed E-state index contributed by atoms with van der Waals surface area (Å²) >= 11 is 0. The number of nitrogens with one attached hydrogen (secondary N) is 1. The van der Waals surface area contributed by atoms with Crippen LogP contribution in [0.25, 0.3) is 0 Å². The molecule has 3 rings (SSSR count). The zero-order valence-electron chi connectivity index (χ0n) is 8.42. The van der Waals surface area contributed by atoms with E-state index < -0.39 is 0 Å². The first kappa shape index (κ1) is 8.30. The fourth-order valence-corrected chi connectivity index (χ4v) is 2.01. The maximum absolute atomic E-state index is 5.63. The van der Waals surface area contributed by atoms with Crippen LogP contribution in [0.2, 0.25) is 0 Å². The van der Waals surface area contributed by atoms with Gasteiger partial charge in [0.15, 0.2) is 0 Å². The first-order valence-corrected chi connectivity index (χ1v) is 5.32. The van der Waals surface area contributed by atoms with Crippen LogP contribution in [-0.2, 0) is 0 Å². The van der Waals surface area contributed by atoms with E-state index in [4.69, 9.17) is 4.74 Å². The molecule has 2 aliphatic rings. The van der Waals surface area contributed by atoms with Crippen LogP contribution in [0.1, 0.15) is 30.0 Å². The van der Waals surface area contributed by atoms with Gasteiger partial charge in [-0.05, 0) is 25.8 Å². The molecule has 1 aromatic carbocycles. The molecule has 1 aromatic rings. The van der Waals surface area contributed by atoms with Gasteiger partial charge in [-0.3, -0.25) is 0 Å². The van der Waals surface area contributed by atoms with E-state index in [1.807, 2.05) is 0 Å². The van der Waals surface area contributed by atoms with Crippen molar-refractivity contribution < 1.29 is 4.74 Å². The second-order valence-electron chi connectivity index (χ2n) is 4.35. The Balaban J connectivity index is 1.87. The SMILES string of the molecule is Cc1ccc2c(c1)C(NC1CC1)CO2. The van der Waals surface area contributed by atoms with Crippen molar-refractivity contribution in [3.8, 4) is 5.75 Å². The molecular weight excluding hydrogens is 174 g/mol. The molecule has 1 heterocycles. The standard InChI is InChI=1S/C12H15NO/c1-8-2-5-12-10(6-8)11(7-14-12)13-9-3-4-9/h2,5-6,9,11,13H,3-4,7H2,1H3. The minimum absolute atomic E-state index is 0.428. The van der Waals surface area contributed by atoms with Gasteiger partial charge in [0.05, 0.1) is 6.04 Å². The van der Waals surface area contributed by atoms with Crippen LogP contribution in [-0.4, -0.2) is 12.6 Å². The van der Waals surface area contributed by atoms with Gasteiger partial charge in [0.1, 0.15) is 12.4 Å². The van der Waals surface area contributed by atoms with Crippen molar-refractivity contribution in [2.24, 2.45) is 0 Å². The lowest BCUT2D eigenvalue weighted by molar-refractivity contribution is 0.310. The van der Waals surface area contributed by atoms with Gasteiger partial charge in [-0.15, -0.1) is 0 Å². The number of hydrogen-bond acceptors (Lipinski definition) is 2. The first-order chi connectivity index (χ1) is 6.83. The predicted molar refractivity (Wildman–Crippen MR) is 55.6 cm³/mol. The topological polar surface area (TPSA) is 21.3 Å². The Labute approximate surface area is 84.3 Å². The molecular formula is C12H15NO. The van der Waals surface area contributed by atoms with E-state index in [0.717, 1.165) is 18.4 Å². The number of fused-ring (bicyclic) bond motifs is 1. The molecule has 1 aliphatic carbocycles. The van der Waals surface area contributed by atoms with Crippen LogP contribution in [0, 0.1) is 6.92 Å². The molecule has 1 saturated carbocycles. The highest BCUT2D eigenvalue weighted by molar-refractivity contribution is 5.42. The zero-order chi connectivity index (χ0) is 9.54. The third kappa shape index (κ3) is 1.40. The van der Waals surface area contributed by atoms with Crippen LogP contribution in [0.5, 0.6) is 5.75 Å². The minimum Gasteiger partial charge on any atom is -0.491 e. The van der Waals surface area contributed by atoms with Gasteiger partial charge in [0.2, 0.25) is 0 Å². The lowest BCUT2D eigenvalue weighted by atomic mass is 10.1. The maximum Gasteiger partial charge on any atom is 0.124 e. The molecule has 0 bridgehead atoms. The summed E-state index contributed by atoms with van der Waals surface area (Å²) < 4.78 is 5.63. The molecule has 1 aliphatic heterocycles.